The van der Waals surface area contributed by atoms with E-state index in [1.165, 1.54) is 6.42 Å². The van der Waals surface area contributed by atoms with Crippen molar-refractivity contribution in [1.29, 1.82) is 5.26 Å². The van der Waals surface area contributed by atoms with Crippen LogP contribution in [0, 0.1) is 11.5 Å². The molecule has 0 bridgehead atoms. The smallest absolute Gasteiger partial charge is 0.251 e. The minimum absolute atomic E-state index is 0.0167. The summed E-state index contributed by atoms with van der Waals surface area (Å²) in [5, 5.41) is 13.1. The highest BCUT2D eigenvalue weighted by Crippen LogP contribution is 2.34. The second kappa shape index (κ2) is 11.3. The van der Waals surface area contributed by atoms with E-state index in [1.54, 1.807) is 28.3 Å². The van der Waals surface area contributed by atoms with Crippen LogP contribution >= 0.6 is 0 Å². The predicted octanol–water partition coefficient (Wildman–Crippen LogP) is 5.24. The maximum Gasteiger partial charge on any atom is 0.251 e. The summed E-state index contributed by atoms with van der Waals surface area (Å²) >= 11 is 0. The molecule has 3 atom stereocenters. The van der Waals surface area contributed by atoms with Crippen LogP contribution in [0.4, 0.5) is 5.69 Å². The molecule has 0 radical (unpaired) electrons. The monoisotopic (exact) mass is 501 g/mol. The molecule has 1 saturated carbocycles. The van der Waals surface area contributed by atoms with Gasteiger partial charge in [-0.05, 0) is 61.8 Å². The van der Waals surface area contributed by atoms with Gasteiger partial charge in [-0.25, -0.2) is 0 Å². The van der Waals surface area contributed by atoms with Gasteiger partial charge < -0.3 is 5.32 Å². The van der Waals surface area contributed by atoms with Crippen molar-refractivity contribution in [2.24, 2.45) is 0 Å². The van der Waals surface area contributed by atoms with Crippen LogP contribution in [0.25, 0.3) is 0 Å². The quantitative estimate of drug-likeness (QED) is 0.547. The Balaban J connectivity index is 1.78. The molecule has 1 N–H and O–H groups in total. The van der Waals surface area contributed by atoms with Gasteiger partial charge in [0, 0.05) is 35.7 Å². The molecule has 7 heteroatoms. The number of nitrogens with one attached hydrogen (secondary N) is 1. The third-order valence-corrected chi connectivity index (χ3v) is 7.78. The first kappa shape index (κ1) is 26.7. The van der Waals surface area contributed by atoms with E-state index in [-0.39, 0.29) is 29.3 Å². The highest BCUT2D eigenvalue weighted by molar-refractivity contribution is 6.04. The molecule has 1 aromatic heterocycles. The lowest BCUT2D eigenvalue weighted by atomic mass is 9.87. The minimum atomic E-state index is -0.889. The molecule has 1 unspecified atom stereocenters. The second-order valence-electron chi connectivity index (χ2n) is 11.5. The molecule has 2 aromatic rings. The van der Waals surface area contributed by atoms with Crippen molar-refractivity contribution < 1.29 is 9.59 Å². The molecule has 0 spiro atoms. The van der Waals surface area contributed by atoms with Crippen LogP contribution in [0.2, 0.25) is 0 Å². The lowest BCUT2D eigenvalue weighted by Crippen LogP contribution is -2.52. The van der Waals surface area contributed by atoms with Crippen LogP contribution in [0.15, 0.2) is 48.8 Å². The maximum atomic E-state index is 14.3. The molecular formula is C30H39N5O2. The summed E-state index contributed by atoms with van der Waals surface area (Å²) in [6.07, 6.45) is 12.2. The zero-order valence-corrected chi connectivity index (χ0v) is 22.5. The molecule has 2 fully saturated rings. The third-order valence-electron chi connectivity index (χ3n) is 7.78. The fraction of sp³-hybridized carbons (Fsp3) is 0.533. The molecule has 7 nitrogen and oxygen atoms in total. The molecule has 2 amide bonds. The van der Waals surface area contributed by atoms with E-state index >= 15 is 0 Å². The van der Waals surface area contributed by atoms with Gasteiger partial charge in [0.2, 0.25) is 5.91 Å². The van der Waals surface area contributed by atoms with Crippen LogP contribution < -0.4 is 10.2 Å². The van der Waals surface area contributed by atoms with Crippen molar-refractivity contribution in [2.75, 3.05) is 4.90 Å². The van der Waals surface area contributed by atoms with Gasteiger partial charge in [0.15, 0.2) is 6.19 Å². The average Bonchev–Trinajstić information content (AvgIpc) is 3.27. The number of nitriles is 1. The molecule has 4 rings (SSSR count). The van der Waals surface area contributed by atoms with E-state index in [1.807, 2.05) is 37.3 Å². The van der Waals surface area contributed by atoms with Crippen molar-refractivity contribution in [3.63, 3.8) is 0 Å². The number of carbonyl (C=O) groups excluding carboxylic acids is 2. The highest BCUT2D eigenvalue weighted by atomic mass is 16.2. The Hall–Kier alpha value is -3.40. The number of pyridine rings is 1. The largest absolute Gasteiger partial charge is 0.351 e. The Morgan fingerprint density at radius 3 is 2.38 bits per heavy atom. The molecule has 2 heterocycles. The lowest BCUT2D eigenvalue weighted by Gasteiger charge is -2.36. The average molecular weight is 502 g/mol. The zero-order valence-electron chi connectivity index (χ0n) is 22.5. The Labute approximate surface area is 220 Å². The number of carbonyl (C=O) groups is 2. The zero-order chi connectivity index (χ0) is 26.6. The second-order valence-corrected chi connectivity index (χ2v) is 11.5. The number of likely N-dealkylation sites (tertiary alicyclic amines) is 1. The predicted molar refractivity (Wildman–Crippen MR) is 145 cm³/mol. The number of hydrogen-bond donors (Lipinski definition) is 1. The fourth-order valence-corrected chi connectivity index (χ4v) is 5.56. The molecule has 1 aliphatic heterocycles. The van der Waals surface area contributed by atoms with E-state index in [0.717, 1.165) is 37.7 Å². The Morgan fingerprint density at radius 1 is 1.08 bits per heavy atom. The summed E-state index contributed by atoms with van der Waals surface area (Å²) in [6.45, 7) is 8.40. The number of aromatic nitrogens is 1. The van der Waals surface area contributed by atoms with Gasteiger partial charge in [-0.3, -0.25) is 24.4 Å². The maximum absolute atomic E-state index is 14.3. The number of benzene rings is 1. The van der Waals surface area contributed by atoms with Crippen molar-refractivity contribution in [3.8, 4) is 6.19 Å². The highest BCUT2D eigenvalue weighted by Gasteiger charge is 2.42. The van der Waals surface area contributed by atoms with Crippen LogP contribution in [-0.2, 0) is 15.0 Å². The summed E-state index contributed by atoms with van der Waals surface area (Å²) in [5.41, 5.74) is 2.38. The van der Waals surface area contributed by atoms with E-state index < -0.39 is 12.1 Å². The molecule has 2 aliphatic rings. The van der Waals surface area contributed by atoms with Gasteiger partial charge in [-0.15, -0.1) is 0 Å². The fourth-order valence-electron chi connectivity index (χ4n) is 5.56. The van der Waals surface area contributed by atoms with Gasteiger partial charge in [0.1, 0.15) is 12.1 Å². The normalized spacial score (nSPS) is 21.2. The van der Waals surface area contributed by atoms with Gasteiger partial charge in [-0.2, -0.15) is 5.26 Å². The van der Waals surface area contributed by atoms with Crippen molar-refractivity contribution in [2.45, 2.75) is 102 Å². The first-order valence-corrected chi connectivity index (χ1v) is 13.5. The SMILES string of the molecule is C[C@@H]1CC[C@H](C(=O)N(c2ccc(C(C)(C)C)cc2)C(C(=O)NC2CCCCC2)c2cccnc2)N1C#N. The van der Waals surface area contributed by atoms with Crippen LogP contribution in [-0.4, -0.2) is 39.8 Å². The molecule has 196 valence electrons. The summed E-state index contributed by atoms with van der Waals surface area (Å²) in [4.78, 5) is 35.7. The van der Waals surface area contributed by atoms with Crippen LogP contribution in [0.3, 0.4) is 0 Å². The number of amides is 2. The minimum Gasteiger partial charge on any atom is -0.351 e. The standard InChI is InChI=1S/C30H39N5O2/c1-21-12-17-26(34(21)20-31)29(37)35(25-15-13-23(14-16-25)30(2,3)4)27(22-9-8-18-32-19-22)28(36)33-24-10-6-5-7-11-24/h8-9,13-16,18-19,21,24,26-27H,5-7,10-12,17H2,1-4H3,(H,33,36)/t21-,26-,27?/m1/s1. The summed E-state index contributed by atoms with van der Waals surface area (Å²) < 4.78 is 0. The van der Waals surface area contributed by atoms with Gasteiger partial charge >= 0.3 is 0 Å². The molecular weight excluding hydrogens is 462 g/mol. The van der Waals surface area contributed by atoms with Gasteiger partial charge in [0.25, 0.3) is 5.91 Å². The first-order valence-electron chi connectivity index (χ1n) is 13.5. The topological polar surface area (TPSA) is 89.3 Å². The van der Waals surface area contributed by atoms with E-state index in [9.17, 15) is 14.9 Å². The Kier molecular flexibility index (Phi) is 8.16. The molecule has 1 saturated heterocycles. The van der Waals surface area contributed by atoms with Crippen molar-refractivity contribution >= 4 is 17.5 Å². The van der Waals surface area contributed by atoms with E-state index in [4.69, 9.17) is 0 Å². The number of nitrogens with zero attached hydrogens (tertiary/aromatic N) is 4. The summed E-state index contributed by atoms with van der Waals surface area (Å²) in [5.74, 6) is -0.440. The molecule has 37 heavy (non-hydrogen) atoms. The molecule has 1 aromatic carbocycles. The van der Waals surface area contributed by atoms with Crippen LogP contribution in [0.5, 0.6) is 0 Å². The number of anilines is 1. The van der Waals surface area contributed by atoms with E-state index in [2.05, 4.69) is 37.3 Å². The summed E-state index contributed by atoms with van der Waals surface area (Å²) in [6, 6.07) is 10.1. The number of hydrogen-bond acceptors (Lipinski definition) is 5. The van der Waals surface area contributed by atoms with Crippen molar-refractivity contribution in [3.05, 3.63) is 59.9 Å². The lowest BCUT2D eigenvalue weighted by molar-refractivity contribution is -0.128. The van der Waals surface area contributed by atoms with Crippen molar-refractivity contribution in [1.82, 2.24) is 15.2 Å². The molecule has 1 aliphatic carbocycles. The van der Waals surface area contributed by atoms with Gasteiger partial charge in [0.05, 0.1) is 0 Å². The van der Waals surface area contributed by atoms with Gasteiger partial charge in [-0.1, -0.05) is 58.2 Å². The van der Waals surface area contributed by atoms with Crippen LogP contribution in [0.1, 0.15) is 89.8 Å². The summed E-state index contributed by atoms with van der Waals surface area (Å²) in [7, 11) is 0. The number of rotatable bonds is 6. The Morgan fingerprint density at radius 2 is 1.78 bits per heavy atom. The Bertz CT molecular complexity index is 1110. The van der Waals surface area contributed by atoms with E-state index in [0.29, 0.717) is 17.7 Å². The third kappa shape index (κ3) is 5.95. The first-order chi connectivity index (χ1) is 17.7.